The van der Waals surface area contributed by atoms with E-state index in [1.54, 1.807) is 6.26 Å². The second-order valence-electron chi connectivity index (χ2n) is 8.24. The summed E-state index contributed by atoms with van der Waals surface area (Å²) in [6.07, 6.45) is 8.46. The molecule has 27 heavy (non-hydrogen) atoms. The van der Waals surface area contributed by atoms with Crippen LogP contribution in [0.4, 0.5) is 0 Å². The first kappa shape index (κ1) is 18.7. The van der Waals surface area contributed by atoms with Crippen molar-refractivity contribution in [3.63, 3.8) is 0 Å². The topological polar surface area (TPSA) is 46.7 Å². The van der Waals surface area contributed by atoms with Crippen LogP contribution < -0.4 is 0 Å². The van der Waals surface area contributed by atoms with Gasteiger partial charge in [0.25, 0.3) is 0 Å². The minimum Gasteiger partial charge on any atom is -0.468 e. The number of nitrogens with zero attached hydrogens (tertiary/aromatic N) is 4. The van der Waals surface area contributed by atoms with E-state index in [0.29, 0.717) is 11.3 Å². The largest absolute Gasteiger partial charge is 0.468 e. The van der Waals surface area contributed by atoms with Gasteiger partial charge in [-0.15, -0.1) is 0 Å². The van der Waals surface area contributed by atoms with E-state index in [1.807, 2.05) is 24.1 Å². The summed E-state index contributed by atoms with van der Waals surface area (Å²) < 4.78 is 13.2. The number of hydrogen-bond acceptors (Lipinski definition) is 5. The summed E-state index contributed by atoms with van der Waals surface area (Å²) in [6, 6.07) is 4.06. The Hall–Kier alpha value is -1.63. The van der Waals surface area contributed by atoms with Gasteiger partial charge in [-0.05, 0) is 50.4 Å². The third-order valence-corrected chi connectivity index (χ3v) is 6.48. The second kappa shape index (κ2) is 8.17. The molecule has 2 aliphatic heterocycles. The SMILES string of the molecule is CCn1cc(CN2CCC3(CC2)CN(Cc2ccco2)C[C@H]3COC)cn1. The molecule has 0 saturated carbocycles. The maximum Gasteiger partial charge on any atom is 0.117 e. The molecule has 0 bridgehead atoms. The molecule has 0 amide bonds. The molecular formula is C21H32N4O2. The van der Waals surface area contributed by atoms with Crippen LogP contribution in [0.25, 0.3) is 0 Å². The summed E-state index contributed by atoms with van der Waals surface area (Å²) in [5.74, 6) is 1.68. The Balaban J connectivity index is 1.36. The van der Waals surface area contributed by atoms with Gasteiger partial charge in [0.15, 0.2) is 0 Å². The predicted octanol–water partition coefficient (Wildman–Crippen LogP) is 2.86. The van der Waals surface area contributed by atoms with Crippen LogP contribution in [-0.4, -0.2) is 59.5 Å². The van der Waals surface area contributed by atoms with Gasteiger partial charge in [-0.3, -0.25) is 14.5 Å². The second-order valence-corrected chi connectivity index (χ2v) is 8.24. The van der Waals surface area contributed by atoms with Crippen molar-refractivity contribution in [1.29, 1.82) is 0 Å². The van der Waals surface area contributed by atoms with E-state index in [9.17, 15) is 0 Å². The molecule has 2 aromatic heterocycles. The standard InChI is InChI=1S/C21H32N4O2/c1-3-25-13-18(11-22-25)12-23-8-6-21(7-9-23)17-24(14-19(21)16-26-2)15-20-5-4-10-27-20/h4-5,10-11,13,19H,3,6-9,12,14-17H2,1-2H3/t19-/m0/s1. The van der Waals surface area contributed by atoms with Crippen molar-refractivity contribution in [2.24, 2.45) is 11.3 Å². The summed E-state index contributed by atoms with van der Waals surface area (Å²) in [4.78, 5) is 5.14. The van der Waals surface area contributed by atoms with Crippen LogP contribution in [-0.2, 0) is 24.4 Å². The highest BCUT2D eigenvalue weighted by atomic mass is 16.5. The van der Waals surface area contributed by atoms with Crippen molar-refractivity contribution < 1.29 is 9.15 Å². The smallest absolute Gasteiger partial charge is 0.117 e. The highest BCUT2D eigenvalue weighted by Gasteiger charge is 2.47. The Labute approximate surface area is 162 Å². The quantitative estimate of drug-likeness (QED) is 0.748. The average Bonchev–Trinajstić information content (AvgIpc) is 3.40. The van der Waals surface area contributed by atoms with E-state index in [0.717, 1.165) is 58.2 Å². The first-order valence-corrected chi connectivity index (χ1v) is 10.2. The Kier molecular flexibility index (Phi) is 5.66. The van der Waals surface area contributed by atoms with E-state index in [4.69, 9.17) is 9.15 Å². The minimum atomic E-state index is 0.382. The molecule has 0 aromatic carbocycles. The van der Waals surface area contributed by atoms with Crippen LogP contribution in [0.3, 0.4) is 0 Å². The first-order chi connectivity index (χ1) is 13.2. The molecule has 2 fully saturated rings. The summed E-state index contributed by atoms with van der Waals surface area (Å²) in [6.45, 7) is 10.4. The van der Waals surface area contributed by atoms with Crippen molar-refractivity contribution >= 4 is 0 Å². The lowest BCUT2D eigenvalue weighted by Crippen LogP contribution is -2.44. The maximum absolute atomic E-state index is 5.60. The van der Waals surface area contributed by atoms with Gasteiger partial charge in [-0.25, -0.2) is 0 Å². The molecule has 0 aliphatic carbocycles. The van der Waals surface area contributed by atoms with Crippen molar-refractivity contribution in [3.05, 3.63) is 42.1 Å². The third kappa shape index (κ3) is 4.13. The van der Waals surface area contributed by atoms with Crippen LogP contribution in [0.1, 0.15) is 31.1 Å². The number of hydrogen-bond donors (Lipinski definition) is 0. The summed E-state index contributed by atoms with van der Waals surface area (Å²) >= 11 is 0. The monoisotopic (exact) mass is 372 g/mol. The number of methoxy groups -OCH3 is 1. The zero-order valence-corrected chi connectivity index (χ0v) is 16.6. The maximum atomic E-state index is 5.60. The molecule has 0 radical (unpaired) electrons. The minimum absolute atomic E-state index is 0.382. The Bertz CT molecular complexity index is 704. The number of aromatic nitrogens is 2. The molecule has 2 aromatic rings. The third-order valence-electron chi connectivity index (χ3n) is 6.48. The molecule has 148 valence electrons. The van der Waals surface area contributed by atoms with Crippen molar-refractivity contribution in [2.75, 3.05) is 39.9 Å². The lowest BCUT2D eigenvalue weighted by Gasteiger charge is -2.42. The van der Waals surface area contributed by atoms with Crippen LogP contribution in [0, 0.1) is 11.3 Å². The lowest BCUT2D eigenvalue weighted by atomic mass is 9.71. The van der Waals surface area contributed by atoms with Gasteiger partial charge in [-0.2, -0.15) is 5.10 Å². The van der Waals surface area contributed by atoms with E-state index in [1.165, 1.54) is 18.4 Å². The summed E-state index contributed by atoms with van der Waals surface area (Å²) in [5, 5.41) is 4.41. The normalized spacial score (nSPS) is 23.4. The first-order valence-electron chi connectivity index (χ1n) is 10.2. The van der Waals surface area contributed by atoms with E-state index in [2.05, 4.69) is 34.1 Å². The van der Waals surface area contributed by atoms with Gasteiger partial charge in [0.1, 0.15) is 5.76 Å². The number of rotatable bonds is 7. The van der Waals surface area contributed by atoms with Crippen molar-refractivity contribution in [3.8, 4) is 0 Å². The summed E-state index contributed by atoms with van der Waals surface area (Å²) in [7, 11) is 1.84. The molecular weight excluding hydrogens is 340 g/mol. The zero-order chi connectivity index (χ0) is 18.7. The molecule has 6 nitrogen and oxygen atoms in total. The fraction of sp³-hybridized carbons (Fsp3) is 0.667. The molecule has 2 aliphatic rings. The van der Waals surface area contributed by atoms with Crippen LogP contribution in [0.15, 0.2) is 35.2 Å². The van der Waals surface area contributed by atoms with E-state index < -0.39 is 0 Å². The molecule has 4 heterocycles. The van der Waals surface area contributed by atoms with Gasteiger partial charge in [-0.1, -0.05) is 0 Å². The number of piperidine rings is 1. The van der Waals surface area contributed by atoms with Crippen LogP contribution >= 0.6 is 0 Å². The van der Waals surface area contributed by atoms with Crippen LogP contribution in [0.5, 0.6) is 0 Å². The van der Waals surface area contributed by atoms with Gasteiger partial charge >= 0.3 is 0 Å². The summed E-state index contributed by atoms with van der Waals surface area (Å²) in [5.41, 5.74) is 1.71. The fourth-order valence-corrected chi connectivity index (χ4v) is 4.96. The Morgan fingerprint density at radius 2 is 2.11 bits per heavy atom. The molecule has 2 saturated heterocycles. The van der Waals surface area contributed by atoms with E-state index >= 15 is 0 Å². The van der Waals surface area contributed by atoms with Crippen molar-refractivity contribution in [1.82, 2.24) is 19.6 Å². The van der Waals surface area contributed by atoms with Crippen LogP contribution in [0.2, 0.25) is 0 Å². The highest BCUT2D eigenvalue weighted by Crippen LogP contribution is 2.45. The molecule has 6 heteroatoms. The van der Waals surface area contributed by atoms with E-state index in [-0.39, 0.29) is 0 Å². The molecule has 4 rings (SSSR count). The number of furan rings is 1. The highest BCUT2D eigenvalue weighted by molar-refractivity contribution is 5.06. The predicted molar refractivity (Wildman–Crippen MR) is 104 cm³/mol. The molecule has 1 spiro atoms. The lowest BCUT2D eigenvalue weighted by molar-refractivity contribution is 0.0349. The molecule has 1 atom stereocenters. The Morgan fingerprint density at radius 3 is 2.78 bits per heavy atom. The van der Waals surface area contributed by atoms with Gasteiger partial charge < -0.3 is 9.15 Å². The van der Waals surface area contributed by atoms with Crippen molar-refractivity contribution in [2.45, 2.75) is 39.4 Å². The molecule has 0 N–H and O–H groups in total. The Morgan fingerprint density at radius 1 is 1.26 bits per heavy atom. The number of likely N-dealkylation sites (tertiary alicyclic amines) is 2. The number of ether oxygens (including phenoxy) is 1. The fourth-order valence-electron chi connectivity index (χ4n) is 4.96. The van der Waals surface area contributed by atoms with Gasteiger partial charge in [0, 0.05) is 51.0 Å². The van der Waals surface area contributed by atoms with Gasteiger partial charge in [0.2, 0.25) is 0 Å². The van der Waals surface area contributed by atoms with Gasteiger partial charge in [0.05, 0.1) is 25.6 Å². The zero-order valence-electron chi connectivity index (χ0n) is 16.6. The average molecular weight is 373 g/mol. The number of aryl methyl sites for hydroxylation is 1. The molecule has 0 unspecified atom stereocenters.